The second kappa shape index (κ2) is 9.26. The maximum atomic E-state index is 4.39. The molecule has 1 heterocycles. The van der Waals surface area contributed by atoms with E-state index >= 15 is 0 Å². The number of para-hydroxylation sites is 1. The number of hydrogen-bond acceptors (Lipinski definition) is 2. The quantitative estimate of drug-likeness (QED) is 0.212. The van der Waals surface area contributed by atoms with Crippen molar-refractivity contribution in [2.45, 2.75) is 19.3 Å². The zero-order chi connectivity index (χ0) is 29.4. The summed E-state index contributed by atoms with van der Waals surface area (Å²) in [6, 6.07) is 48.8. The molecule has 0 unspecified atom stereocenters. The molecule has 208 valence electrons. The zero-order valence-corrected chi connectivity index (χ0v) is 24.8. The molecule has 0 atom stereocenters. The molecule has 2 nitrogen and oxygen atoms in total. The molecule has 44 heavy (non-hydrogen) atoms. The first kappa shape index (κ1) is 25.1. The van der Waals surface area contributed by atoms with E-state index in [0.29, 0.717) is 0 Å². The lowest BCUT2D eigenvalue weighted by Crippen LogP contribution is -2.14. The van der Waals surface area contributed by atoms with E-state index in [2.05, 4.69) is 151 Å². The van der Waals surface area contributed by atoms with Crippen LogP contribution in [0.1, 0.15) is 25.0 Å². The van der Waals surface area contributed by atoms with Crippen molar-refractivity contribution in [2.75, 3.05) is 4.90 Å². The van der Waals surface area contributed by atoms with Crippen molar-refractivity contribution in [3.05, 3.63) is 157 Å². The molecule has 7 aromatic rings. The van der Waals surface area contributed by atoms with Gasteiger partial charge in [0, 0.05) is 23.0 Å². The van der Waals surface area contributed by atoms with Crippen LogP contribution in [0.5, 0.6) is 0 Å². The molecule has 0 radical (unpaired) electrons. The Labute approximate surface area is 257 Å². The van der Waals surface area contributed by atoms with Gasteiger partial charge in [-0.15, -0.1) is 0 Å². The molecule has 2 aliphatic rings. The van der Waals surface area contributed by atoms with Crippen LogP contribution in [-0.2, 0) is 5.41 Å². The van der Waals surface area contributed by atoms with Gasteiger partial charge in [0.1, 0.15) is 0 Å². The molecule has 0 fully saturated rings. The van der Waals surface area contributed by atoms with Gasteiger partial charge in [-0.25, -0.2) is 0 Å². The number of hydrogen-bond donors (Lipinski definition) is 0. The largest absolute Gasteiger partial charge is 0.309 e. The summed E-state index contributed by atoms with van der Waals surface area (Å²) >= 11 is 0. The first-order valence-corrected chi connectivity index (χ1v) is 15.3. The van der Waals surface area contributed by atoms with Gasteiger partial charge in [0.25, 0.3) is 0 Å². The average molecular weight is 563 g/mol. The van der Waals surface area contributed by atoms with Crippen molar-refractivity contribution in [2.24, 2.45) is 0 Å². The van der Waals surface area contributed by atoms with E-state index in [1.807, 2.05) is 18.5 Å². The van der Waals surface area contributed by atoms with Gasteiger partial charge in [-0.2, -0.15) is 0 Å². The van der Waals surface area contributed by atoms with Crippen LogP contribution in [0.25, 0.3) is 55.3 Å². The molecule has 6 aromatic carbocycles. The highest BCUT2D eigenvalue weighted by Gasteiger charge is 2.38. The third-order valence-electron chi connectivity index (χ3n) is 9.68. The predicted molar refractivity (Wildman–Crippen MR) is 184 cm³/mol. The van der Waals surface area contributed by atoms with E-state index < -0.39 is 0 Å². The van der Waals surface area contributed by atoms with Crippen LogP contribution in [0.4, 0.5) is 17.1 Å². The van der Waals surface area contributed by atoms with Gasteiger partial charge in [-0.3, -0.25) is 4.98 Å². The number of benzene rings is 6. The molecule has 2 heteroatoms. The Bertz CT molecular complexity index is 2190. The van der Waals surface area contributed by atoms with Crippen LogP contribution < -0.4 is 4.90 Å². The molecule has 0 saturated carbocycles. The zero-order valence-electron chi connectivity index (χ0n) is 24.8. The number of pyridine rings is 1. The molecule has 0 spiro atoms. The molecule has 0 bridgehead atoms. The van der Waals surface area contributed by atoms with Gasteiger partial charge in [0.2, 0.25) is 0 Å². The third kappa shape index (κ3) is 3.52. The highest BCUT2D eigenvalue weighted by Crippen LogP contribution is 2.57. The Hall–Kier alpha value is -5.47. The second-order valence-electron chi connectivity index (χ2n) is 12.4. The third-order valence-corrected chi connectivity index (χ3v) is 9.68. The standard InChI is InChI=1S/C42H30N2/c1-42(2)38-16-7-6-13-34(38)41-35-15-8-14-33-32-22-19-28(24-36(32)37(40(33)35)25-39(41)42)27-17-20-30(21-18-27)44(29-10-4-3-5-11-29)31-12-9-23-43-26-31/h3-26H,1-2H3. The molecule has 0 amide bonds. The van der Waals surface area contributed by atoms with Crippen LogP contribution in [-0.4, -0.2) is 4.98 Å². The Balaban J connectivity index is 1.16. The minimum atomic E-state index is -0.0400. The Morgan fingerprint density at radius 2 is 1.23 bits per heavy atom. The van der Waals surface area contributed by atoms with Crippen LogP contribution in [0, 0.1) is 0 Å². The summed E-state index contributed by atoms with van der Waals surface area (Å²) in [5.41, 5.74) is 16.6. The number of anilines is 3. The lowest BCUT2D eigenvalue weighted by atomic mass is 9.81. The summed E-state index contributed by atoms with van der Waals surface area (Å²) in [5, 5.41) is 2.75. The van der Waals surface area contributed by atoms with E-state index in [1.54, 1.807) is 0 Å². The van der Waals surface area contributed by atoms with Gasteiger partial charge in [0.05, 0.1) is 11.9 Å². The first-order chi connectivity index (χ1) is 21.6. The van der Waals surface area contributed by atoms with E-state index in [4.69, 9.17) is 0 Å². The SMILES string of the molecule is CC1(C)c2ccccc2-c2c1cc1c3c(cccc23)-c2ccc(-c3ccc(N(c4ccccc4)c4cccnc4)cc3)cc2-1. The van der Waals surface area contributed by atoms with E-state index in [1.165, 1.54) is 66.4 Å². The summed E-state index contributed by atoms with van der Waals surface area (Å²) in [6.07, 6.45) is 3.73. The lowest BCUT2D eigenvalue weighted by molar-refractivity contribution is 0.661. The lowest BCUT2D eigenvalue weighted by Gasteiger charge is -2.25. The van der Waals surface area contributed by atoms with Crippen molar-refractivity contribution in [3.8, 4) is 44.5 Å². The summed E-state index contributed by atoms with van der Waals surface area (Å²) in [6.45, 7) is 4.75. The highest BCUT2D eigenvalue weighted by atomic mass is 15.1. The van der Waals surface area contributed by atoms with Crippen molar-refractivity contribution < 1.29 is 0 Å². The summed E-state index contributed by atoms with van der Waals surface area (Å²) in [5.74, 6) is 0. The summed E-state index contributed by atoms with van der Waals surface area (Å²) in [7, 11) is 0. The number of rotatable bonds is 4. The Morgan fingerprint density at radius 3 is 2.05 bits per heavy atom. The topological polar surface area (TPSA) is 16.1 Å². The first-order valence-electron chi connectivity index (χ1n) is 15.3. The predicted octanol–water partition coefficient (Wildman–Crippen LogP) is 11.3. The van der Waals surface area contributed by atoms with Crippen LogP contribution in [0.15, 0.2) is 146 Å². The molecule has 0 N–H and O–H groups in total. The van der Waals surface area contributed by atoms with Crippen molar-refractivity contribution in [3.63, 3.8) is 0 Å². The second-order valence-corrected chi connectivity index (χ2v) is 12.4. The van der Waals surface area contributed by atoms with Gasteiger partial charge in [0.15, 0.2) is 0 Å². The minimum absolute atomic E-state index is 0.0400. The molecular formula is C42H30N2. The number of fused-ring (bicyclic) bond motifs is 7. The van der Waals surface area contributed by atoms with Crippen LogP contribution >= 0.6 is 0 Å². The van der Waals surface area contributed by atoms with Crippen LogP contribution in [0.2, 0.25) is 0 Å². The normalized spacial score (nSPS) is 13.4. The van der Waals surface area contributed by atoms with Crippen molar-refractivity contribution >= 4 is 27.8 Å². The van der Waals surface area contributed by atoms with Crippen LogP contribution in [0.3, 0.4) is 0 Å². The Kier molecular flexibility index (Phi) is 5.28. The van der Waals surface area contributed by atoms with E-state index in [9.17, 15) is 0 Å². The fourth-order valence-electron chi connectivity index (χ4n) is 7.59. The van der Waals surface area contributed by atoms with Crippen molar-refractivity contribution in [1.82, 2.24) is 4.98 Å². The van der Waals surface area contributed by atoms with Gasteiger partial charge in [-0.05, 0) is 115 Å². The molecule has 0 saturated heterocycles. The number of nitrogens with zero attached hydrogens (tertiary/aromatic N) is 2. The fourth-order valence-corrected chi connectivity index (χ4v) is 7.59. The maximum Gasteiger partial charge on any atom is 0.0644 e. The van der Waals surface area contributed by atoms with Gasteiger partial charge >= 0.3 is 0 Å². The molecular weight excluding hydrogens is 532 g/mol. The smallest absolute Gasteiger partial charge is 0.0644 e. The van der Waals surface area contributed by atoms with E-state index in [0.717, 1.165) is 17.1 Å². The minimum Gasteiger partial charge on any atom is -0.309 e. The monoisotopic (exact) mass is 562 g/mol. The summed E-state index contributed by atoms with van der Waals surface area (Å²) in [4.78, 5) is 6.64. The average Bonchev–Trinajstić information content (AvgIpc) is 3.52. The highest BCUT2D eigenvalue weighted by molar-refractivity contribution is 6.20. The van der Waals surface area contributed by atoms with Crippen molar-refractivity contribution in [1.29, 1.82) is 0 Å². The van der Waals surface area contributed by atoms with E-state index in [-0.39, 0.29) is 5.41 Å². The molecule has 0 aliphatic heterocycles. The fraction of sp³-hybridized carbons (Fsp3) is 0.0714. The number of aromatic nitrogens is 1. The maximum absolute atomic E-state index is 4.39. The Morgan fingerprint density at radius 1 is 0.500 bits per heavy atom. The van der Waals surface area contributed by atoms with Gasteiger partial charge in [-0.1, -0.05) is 98.8 Å². The molecule has 9 rings (SSSR count). The molecule has 1 aromatic heterocycles. The molecule has 2 aliphatic carbocycles. The van der Waals surface area contributed by atoms with Gasteiger partial charge < -0.3 is 4.90 Å². The summed E-state index contributed by atoms with van der Waals surface area (Å²) < 4.78 is 0.